The van der Waals surface area contributed by atoms with Gasteiger partial charge in [0.25, 0.3) is 0 Å². The third-order valence-electron chi connectivity index (χ3n) is 4.97. The molecule has 0 saturated carbocycles. The van der Waals surface area contributed by atoms with E-state index in [9.17, 15) is 8.42 Å². The van der Waals surface area contributed by atoms with Crippen molar-refractivity contribution in [2.24, 2.45) is 0 Å². The minimum Gasteiger partial charge on any atom is -0.378 e. The minimum absolute atomic E-state index is 0.311. The van der Waals surface area contributed by atoms with Gasteiger partial charge in [0.05, 0.1) is 18.1 Å². The number of ether oxygens (including phenoxy) is 1. The number of nitrogens with one attached hydrogen (secondary N) is 1. The summed E-state index contributed by atoms with van der Waals surface area (Å²) < 4.78 is 34.1. The van der Waals surface area contributed by atoms with Gasteiger partial charge in [-0.05, 0) is 56.5 Å². The average molecular weight is 389 g/mol. The maximum Gasteiger partial charge on any atom is 0.241 e. The van der Waals surface area contributed by atoms with Gasteiger partial charge in [0.2, 0.25) is 10.0 Å². The highest BCUT2D eigenvalue weighted by atomic mass is 32.2. The van der Waals surface area contributed by atoms with Crippen LogP contribution in [0.3, 0.4) is 0 Å². The first kappa shape index (κ1) is 19.9. The molecule has 1 heterocycles. The topological polar surface area (TPSA) is 58.6 Å². The zero-order valence-corrected chi connectivity index (χ0v) is 17.3. The summed E-state index contributed by atoms with van der Waals surface area (Å²) in [6.07, 6.45) is 0. The van der Waals surface area contributed by atoms with Gasteiger partial charge < -0.3 is 9.64 Å². The molecule has 146 valence electrons. The molecule has 1 aliphatic rings. The van der Waals surface area contributed by atoms with Gasteiger partial charge in [-0.25, -0.2) is 13.1 Å². The molecule has 3 rings (SSSR count). The maximum atomic E-state index is 12.9. The number of morpholine rings is 1. The Morgan fingerprint density at radius 2 is 1.56 bits per heavy atom. The lowest BCUT2D eigenvalue weighted by Crippen LogP contribution is -2.36. The van der Waals surface area contributed by atoms with Crippen LogP contribution < -0.4 is 9.62 Å². The summed E-state index contributed by atoms with van der Waals surface area (Å²) in [5.74, 6) is 0. The Morgan fingerprint density at radius 3 is 2.11 bits per heavy atom. The first-order valence-electron chi connectivity index (χ1n) is 9.31. The van der Waals surface area contributed by atoms with Crippen LogP contribution in [-0.4, -0.2) is 34.7 Å². The second kappa shape index (κ2) is 8.00. The van der Waals surface area contributed by atoms with E-state index in [1.165, 1.54) is 0 Å². The van der Waals surface area contributed by atoms with Crippen molar-refractivity contribution in [2.75, 3.05) is 31.2 Å². The first-order valence-corrected chi connectivity index (χ1v) is 10.8. The second-order valence-corrected chi connectivity index (χ2v) is 8.91. The molecule has 0 spiro atoms. The summed E-state index contributed by atoms with van der Waals surface area (Å²) in [4.78, 5) is 2.66. The molecular formula is C21H28N2O3S. The van der Waals surface area contributed by atoms with Gasteiger partial charge in [-0.15, -0.1) is 0 Å². The molecule has 6 heteroatoms. The van der Waals surface area contributed by atoms with Crippen molar-refractivity contribution in [1.29, 1.82) is 0 Å². The molecule has 0 unspecified atom stereocenters. The van der Waals surface area contributed by atoms with E-state index in [-0.39, 0.29) is 6.04 Å². The predicted octanol–water partition coefficient (Wildman–Crippen LogP) is 3.49. The molecule has 0 aromatic heterocycles. The van der Waals surface area contributed by atoms with Crippen LogP contribution >= 0.6 is 0 Å². The fourth-order valence-corrected chi connectivity index (χ4v) is 5.43. The first-order chi connectivity index (χ1) is 12.8. The van der Waals surface area contributed by atoms with Crippen LogP contribution in [-0.2, 0) is 14.8 Å². The maximum absolute atomic E-state index is 12.9. The number of rotatable bonds is 5. The molecule has 0 aliphatic carbocycles. The van der Waals surface area contributed by atoms with Crippen molar-refractivity contribution in [3.63, 3.8) is 0 Å². The summed E-state index contributed by atoms with van der Waals surface area (Å²) in [6, 6.07) is 11.6. The third-order valence-corrected chi connectivity index (χ3v) is 6.82. The van der Waals surface area contributed by atoms with Crippen LogP contribution in [0.15, 0.2) is 41.3 Å². The smallest absolute Gasteiger partial charge is 0.241 e. The fraction of sp³-hybridized carbons (Fsp3) is 0.429. The number of anilines is 1. The molecular weight excluding hydrogens is 360 g/mol. The Morgan fingerprint density at radius 1 is 1.00 bits per heavy atom. The number of aryl methyl sites for hydroxylation is 3. The van der Waals surface area contributed by atoms with Crippen molar-refractivity contribution in [2.45, 2.75) is 38.6 Å². The highest BCUT2D eigenvalue weighted by Gasteiger charge is 2.23. The van der Waals surface area contributed by atoms with Crippen LogP contribution in [0.4, 0.5) is 5.69 Å². The quantitative estimate of drug-likeness (QED) is 0.852. The molecule has 1 atom stereocenters. The zero-order chi connectivity index (χ0) is 19.6. The number of nitrogens with zero attached hydrogens (tertiary/aromatic N) is 1. The molecule has 1 N–H and O–H groups in total. The van der Waals surface area contributed by atoms with E-state index in [1.54, 1.807) is 0 Å². The molecule has 2 aromatic carbocycles. The van der Waals surface area contributed by atoms with Gasteiger partial charge in [0, 0.05) is 24.8 Å². The molecule has 1 aliphatic heterocycles. The standard InChI is InChI=1S/C21H28N2O3S/c1-15-13-16(2)21(17(3)14-15)27(24,25)22-18(4)19-5-7-20(8-6-19)23-9-11-26-12-10-23/h5-8,13-14,18,22H,9-12H2,1-4H3/t18-/m0/s1. The largest absolute Gasteiger partial charge is 0.378 e. The van der Waals surface area contributed by atoms with E-state index in [4.69, 9.17) is 4.74 Å². The summed E-state index contributed by atoms with van der Waals surface area (Å²) in [6.45, 7) is 10.8. The van der Waals surface area contributed by atoms with E-state index >= 15 is 0 Å². The Labute approximate surface area is 162 Å². The van der Waals surface area contributed by atoms with Crippen LogP contribution in [0.25, 0.3) is 0 Å². The number of hydrogen-bond acceptors (Lipinski definition) is 4. The molecule has 0 bridgehead atoms. The molecule has 0 radical (unpaired) electrons. The van der Waals surface area contributed by atoms with Gasteiger partial charge in [0.1, 0.15) is 0 Å². The molecule has 5 nitrogen and oxygen atoms in total. The average Bonchev–Trinajstić information content (AvgIpc) is 2.61. The van der Waals surface area contributed by atoms with Crippen molar-refractivity contribution < 1.29 is 13.2 Å². The second-order valence-electron chi connectivity index (χ2n) is 7.26. The van der Waals surface area contributed by atoms with Crippen molar-refractivity contribution >= 4 is 15.7 Å². The van der Waals surface area contributed by atoms with E-state index in [2.05, 4.69) is 9.62 Å². The molecule has 1 fully saturated rings. The normalized spacial score (nSPS) is 16.4. The lowest BCUT2D eigenvalue weighted by Gasteiger charge is -2.29. The van der Waals surface area contributed by atoms with Gasteiger partial charge >= 0.3 is 0 Å². The van der Waals surface area contributed by atoms with Gasteiger partial charge in [0.15, 0.2) is 0 Å². The van der Waals surface area contributed by atoms with Crippen molar-refractivity contribution in [1.82, 2.24) is 4.72 Å². The lowest BCUT2D eigenvalue weighted by atomic mass is 10.1. The van der Waals surface area contributed by atoms with E-state index in [0.29, 0.717) is 4.90 Å². The van der Waals surface area contributed by atoms with Crippen molar-refractivity contribution in [3.05, 3.63) is 58.7 Å². The fourth-order valence-electron chi connectivity index (χ4n) is 3.75. The van der Waals surface area contributed by atoms with Crippen LogP contribution in [0.5, 0.6) is 0 Å². The third kappa shape index (κ3) is 4.51. The number of sulfonamides is 1. The Balaban J connectivity index is 1.77. The van der Waals surface area contributed by atoms with Crippen LogP contribution in [0.1, 0.15) is 35.2 Å². The van der Waals surface area contributed by atoms with Gasteiger partial charge in [-0.3, -0.25) is 0 Å². The molecule has 1 saturated heterocycles. The highest BCUT2D eigenvalue weighted by molar-refractivity contribution is 7.89. The van der Waals surface area contributed by atoms with Gasteiger partial charge in [-0.1, -0.05) is 29.8 Å². The summed E-state index contributed by atoms with van der Waals surface area (Å²) in [7, 11) is -3.59. The molecule has 0 amide bonds. The van der Waals surface area contributed by atoms with Crippen LogP contribution in [0, 0.1) is 20.8 Å². The van der Waals surface area contributed by atoms with Gasteiger partial charge in [-0.2, -0.15) is 0 Å². The monoisotopic (exact) mass is 388 g/mol. The summed E-state index contributed by atoms with van der Waals surface area (Å²) in [5, 5.41) is 0. The van der Waals surface area contributed by atoms with Crippen molar-refractivity contribution in [3.8, 4) is 0 Å². The number of benzene rings is 2. The minimum atomic E-state index is -3.59. The summed E-state index contributed by atoms with van der Waals surface area (Å²) in [5.41, 5.74) is 4.70. The Bertz CT molecular complexity index is 879. The predicted molar refractivity (Wildman–Crippen MR) is 109 cm³/mol. The highest BCUT2D eigenvalue weighted by Crippen LogP contribution is 2.25. The number of hydrogen-bond donors (Lipinski definition) is 1. The van der Waals surface area contributed by atoms with E-state index in [0.717, 1.165) is 54.2 Å². The summed E-state index contributed by atoms with van der Waals surface area (Å²) >= 11 is 0. The Kier molecular flexibility index (Phi) is 5.89. The molecule has 2 aromatic rings. The lowest BCUT2D eigenvalue weighted by molar-refractivity contribution is 0.122. The van der Waals surface area contributed by atoms with Crippen LogP contribution in [0.2, 0.25) is 0 Å². The van der Waals surface area contributed by atoms with E-state index < -0.39 is 10.0 Å². The van der Waals surface area contributed by atoms with E-state index in [1.807, 2.05) is 64.1 Å². The zero-order valence-electron chi connectivity index (χ0n) is 16.5. The Hall–Kier alpha value is -1.89. The SMILES string of the molecule is Cc1cc(C)c(S(=O)(=O)N[C@@H](C)c2ccc(N3CCOCC3)cc2)c(C)c1. The molecule has 27 heavy (non-hydrogen) atoms.